The van der Waals surface area contributed by atoms with Crippen LogP contribution in [0.1, 0.15) is 45.4 Å². The van der Waals surface area contributed by atoms with Crippen molar-refractivity contribution in [3.05, 3.63) is 36.4 Å². The van der Waals surface area contributed by atoms with Crippen LogP contribution >= 0.6 is 15.9 Å². The zero-order valence-corrected chi connectivity index (χ0v) is 15.6. The molecule has 0 unspecified atom stereocenters. The van der Waals surface area contributed by atoms with Gasteiger partial charge in [-0.15, -0.1) is 0 Å². The van der Waals surface area contributed by atoms with Crippen molar-refractivity contribution in [2.75, 3.05) is 18.5 Å². The molecule has 0 aliphatic heterocycles. The van der Waals surface area contributed by atoms with Crippen molar-refractivity contribution in [1.29, 1.82) is 0 Å². The van der Waals surface area contributed by atoms with Gasteiger partial charge in [0.25, 0.3) is 0 Å². The normalized spacial score (nSPS) is 10.9. The monoisotopic (exact) mass is 378 g/mol. The lowest BCUT2D eigenvalue weighted by atomic mass is 10.1. The summed E-state index contributed by atoms with van der Waals surface area (Å²) in [5.74, 6) is 1.90. The first kappa shape index (κ1) is 18.1. The minimum atomic E-state index is 0.774. The van der Waals surface area contributed by atoms with Gasteiger partial charge in [-0.05, 0) is 54.3 Å². The summed E-state index contributed by atoms with van der Waals surface area (Å²) >= 11 is 3.44. The van der Waals surface area contributed by atoms with E-state index in [1.807, 2.05) is 6.07 Å². The van der Waals surface area contributed by atoms with Gasteiger partial charge in [-0.3, -0.25) is 0 Å². The number of benzene rings is 2. The molecule has 3 heteroatoms. The van der Waals surface area contributed by atoms with Gasteiger partial charge in [-0.2, -0.15) is 0 Å². The number of halogens is 1. The molecule has 23 heavy (non-hydrogen) atoms. The van der Waals surface area contributed by atoms with Crippen LogP contribution in [-0.2, 0) is 0 Å². The smallest absolute Gasteiger partial charge is 0.119 e. The Labute approximate surface area is 148 Å². The van der Waals surface area contributed by atoms with E-state index in [1.165, 1.54) is 30.0 Å². The van der Waals surface area contributed by atoms with Crippen LogP contribution in [0.4, 0.5) is 0 Å². The molecule has 0 bridgehead atoms. The molecule has 0 aromatic heterocycles. The van der Waals surface area contributed by atoms with Crippen molar-refractivity contribution in [2.45, 2.75) is 45.4 Å². The van der Waals surface area contributed by atoms with E-state index in [9.17, 15) is 0 Å². The van der Waals surface area contributed by atoms with Crippen LogP contribution in [-0.4, -0.2) is 18.5 Å². The fourth-order valence-corrected chi connectivity index (χ4v) is 2.88. The second-order valence-corrected chi connectivity index (χ2v) is 6.62. The van der Waals surface area contributed by atoms with E-state index in [2.05, 4.69) is 53.2 Å². The molecule has 0 heterocycles. The van der Waals surface area contributed by atoms with Gasteiger partial charge in [0.2, 0.25) is 0 Å². The van der Waals surface area contributed by atoms with Crippen LogP contribution in [0, 0.1) is 0 Å². The lowest BCUT2D eigenvalue weighted by Gasteiger charge is -2.09. The summed E-state index contributed by atoms with van der Waals surface area (Å²) in [6, 6.07) is 12.5. The van der Waals surface area contributed by atoms with E-state index in [0.29, 0.717) is 0 Å². The quantitative estimate of drug-likeness (QED) is 0.334. The van der Waals surface area contributed by atoms with Crippen LogP contribution in [0.2, 0.25) is 0 Å². The molecule has 0 aliphatic carbocycles. The molecule has 0 saturated heterocycles. The molecule has 0 N–H and O–H groups in total. The summed E-state index contributed by atoms with van der Waals surface area (Å²) in [7, 11) is 0. The first-order chi connectivity index (χ1) is 11.3. The maximum atomic E-state index is 5.85. The zero-order valence-electron chi connectivity index (χ0n) is 14.0. The lowest BCUT2D eigenvalue weighted by molar-refractivity contribution is 0.305. The number of rotatable bonds is 11. The highest BCUT2D eigenvalue weighted by Gasteiger charge is 2.01. The lowest BCUT2D eigenvalue weighted by Crippen LogP contribution is -1.98. The molecule has 2 aromatic carbocycles. The van der Waals surface area contributed by atoms with Gasteiger partial charge >= 0.3 is 0 Å². The second kappa shape index (κ2) is 10.5. The van der Waals surface area contributed by atoms with Gasteiger partial charge in [0.15, 0.2) is 0 Å². The number of ether oxygens (including phenoxy) is 2. The molecule has 0 atom stereocenters. The van der Waals surface area contributed by atoms with E-state index in [4.69, 9.17) is 9.47 Å². The minimum Gasteiger partial charge on any atom is -0.494 e. The summed E-state index contributed by atoms with van der Waals surface area (Å²) in [5.41, 5.74) is 0. The van der Waals surface area contributed by atoms with Gasteiger partial charge in [0.1, 0.15) is 11.5 Å². The number of fused-ring (bicyclic) bond motifs is 1. The highest BCUT2D eigenvalue weighted by atomic mass is 79.9. The Bertz CT molecular complexity index is 583. The SMILES string of the molecule is CCCCCCOc1ccc2cc(OCCCCBr)ccc2c1. The van der Waals surface area contributed by atoms with Gasteiger partial charge in [0.05, 0.1) is 13.2 Å². The number of alkyl halides is 1. The second-order valence-electron chi connectivity index (χ2n) is 5.82. The Morgan fingerprint density at radius 2 is 1.30 bits per heavy atom. The van der Waals surface area contributed by atoms with Crippen LogP contribution in [0.3, 0.4) is 0 Å². The highest BCUT2D eigenvalue weighted by Crippen LogP contribution is 2.25. The molecule has 0 aliphatic rings. The van der Waals surface area contributed by atoms with Gasteiger partial charge < -0.3 is 9.47 Å². The molecular formula is C20H27BrO2. The Kier molecular flexibility index (Phi) is 8.30. The maximum absolute atomic E-state index is 5.85. The van der Waals surface area contributed by atoms with E-state index < -0.39 is 0 Å². The Balaban J connectivity index is 1.87. The molecule has 0 spiro atoms. The van der Waals surface area contributed by atoms with Crippen molar-refractivity contribution in [3.63, 3.8) is 0 Å². The molecule has 0 radical (unpaired) electrons. The molecule has 0 amide bonds. The van der Waals surface area contributed by atoms with Crippen molar-refractivity contribution >= 4 is 26.7 Å². The Morgan fingerprint density at radius 1 is 0.739 bits per heavy atom. The third-order valence-electron chi connectivity index (χ3n) is 3.85. The van der Waals surface area contributed by atoms with Crippen LogP contribution in [0.15, 0.2) is 36.4 Å². The number of hydrogen-bond acceptors (Lipinski definition) is 2. The van der Waals surface area contributed by atoms with E-state index in [0.717, 1.165) is 49.3 Å². The zero-order chi connectivity index (χ0) is 16.3. The van der Waals surface area contributed by atoms with E-state index in [1.54, 1.807) is 0 Å². The Hall–Kier alpha value is -1.22. The van der Waals surface area contributed by atoms with Crippen LogP contribution in [0.25, 0.3) is 10.8 Å². The molecule has 126 valence electrons. The van der Waals surface area contributed by atoms with E-state index >= 15 is 0 Å². The fourth-order valence-electron chi connectivity index (χ4n) is 2.49. The maximum Gasteiger partial charge on any atom is 0.119 e. The summed E-state index contributed by atoms with van der Waals surface area (Å²) < 4.78 is 11.6. The van der Waals surface area contributed by atoms with Gasteiger partial charge in [-0.1, -0.05) is 54.2 Å². The van der Waals surface area contributed by atoms with Gasteiger partial charge in [-0.25, -0.2) is 0 Å². The summed E-state index contributed by atoms with van der Waals surface area (Å²) in [5, 5.41) is 3.43. The third kappa shape index (κ3) is 6.42. The van der Waals surface area contributed by atoms with Gasteiger partial charge in [0, 0.05) is 5.33 Å². The average molecular weight is 379 g/mol. The number of unbranched alkanes of at least 4 members (excludes halogenated alkanes) is 4. The standard InChI is InChI=1S/C20H27BrO2/c1-2-3-4-6-13-22-19-10-8-18-16-20(11-9-17(18)15-19)23-14-7-5-12-21/h8-11,15-16H,2-7,12-14H2,1H3. The highest BCUT2D eigenvalue weighted by molar-refractivity contribution is 9.09. The summed E-state index contributed by atoms with van der Waals surface area (Å²) in [6.45, 7) is 3.81. The fraction of sp³-hybridized carbons (Fsp3) is 0.500. The third-order valence-corrected chi connectivity index (χ3v) is 4.41. The minimum absolute atomic E-state index is 0.774. The molecule has 2 nitrogen and oxygen atoms in total. The average Bonchev–Trinajstić information content (AvgIpc) is 2.58. The van der Waals surface area contributed by atoms with Crippen molar-refractivity contribution in [1.82, 2.24) is 0 Å². The molecule has 2 aromatic rings. The molecule has 2 rings (SSSR count). The number of hydrogen-bond donors (Lipinski definition) is 0. The summed E-state index contributed by atoms with van der Waals surface area (Å²) in [6.07, 6.45) is 7.16. The van der Waals surface area contributed by atoms with Crippen molar-refractivity contribution in [2.24, 2.45) is 0 Å². The first-order valence-corrected chi connectivity index (χ1v) is 9.81. The largest absolute Gasteiger partial charge is 0.494 e. The van der Waals surface area contributed by atoms with E-state index in [-0.39, 0.29) is 0 Å². The van der Waals surface area contributed by atoms with Crippen LogP contribution in [0.5, 0.6) is 11.5 Å². The van der Waals surface area contributed by atoms with Crippen molar-refractivity contribution < 1.29 is 9.47 Å². The molecule has 0 saturated carbocycles. The topological polar surface area (TPSA) is 18.5 Å². The Morgan fingerprint density at radius 3 is 1.83 bits per heavy atom. The van der Waals surface area contributed by atoms with Crippen LogP contribution < -0.4 is 9.47 Å². The predicted octanol–water partition coefficient (Wildman–Crippen LogP) is 6.35. The molecular weight excluding hydrogens is 352 g/mol. The summed E-state index contributed by atoms with van der Waals surface area (Å²) in [4.78, 5) is 0. The van der Waals surface area contributed by atoms with Crippen molar-refractivity contribution in [3.8, 4) is 11.5 Å². The first-order valence-electron chi connectivity index (χ1n) is 8.69. The predicted molar refractivity (Wildman–Crippen MR) is 102 cm³/mol. The molecule has 0 fully saturated rings.